The summed E-state index contributed by atoms with van der Waals surface area (Å²) in [6.45, 7) is 9.93. The number of nitrogens with zero attached hydrogens (tertiary/aromatic N) is 4. The van der Waals surface area contributed by atoms with Crippen molar-refractivity contribution < 1.29 is 4.79 Å². The number of carbonyl (C=O) groups excluding carboxylic acids is 1. The molecule has 130 valence electrons. The number of amides is 1. The maximum Gasteiger partial charge on any atom is 0.265 e. The molecule has 1 atom stereocenters. The number of hydrogen-bond donors (Lipinski definition) is 1. The van der Waals surface area contributed by atoms with Gasteiger partial charge in [-0.3, -0.25) is 14.2 Å². The molecule has 0 saturated carbocycles. The van der Waals surface area contributed by atoms with Gasteiger partial charge >= 0.3 is 0 Å². The normalized spacial score (nSPS) is 17.5. The average molecular weight is 349 g/mol. The van der Waals surface area contributed by atoms with Crippen molar-refractivity contribution in [2.24, 2.45) is 0 Å². The first-order chi connectivity index (χ1) is 11.2. The van der Waals surface area contributed by atoms with Crippen LogP contribution in [0.4, 0.5) is 0 Å². The number of thioether (sulfide) groups is 1. The molecule has 24 heavy (non-hydrogen) atoms. The van der Waals surface area contributed by atoms with Crippen LogP contribution < -0.4 is 10.9 Å². The molecule has 0 radical (unpaired) electrons. The molecule has 1 unspecified atom stereocenters. The largest absolute Gasteiger partial charge is 0.354 e. The number of carbonyl (C=O) groups is 1. The molecule has 7 nitrogen and oxygen atoms in total. The zero-order valence-corrected chi connectivity index (χ0v) is 15.5. The minimum absolute atomic E-state index is 0.0409. The van der Waals surface area contributed by atoms with Crippen molar-refractivity contribution in [3.05, 3.63) is 16.6 Å². The smallest absolute Gasteiger partial charge is 0.265 e. The molecule has 1 aliphatic rings. The van der Waals surface area contributed by atoms with E-state index < -0.39 is 0 Å². The van der Waals surface area contributed by atoms with Crippen LogP contribution in [-0.4, -0.2) is 37.0 Å². The Morgan fingerprint density at radius 3 is 2.79 bits per heavy atom. The average Bonchev–Trinajstić information content (AvgIpc) is 3.02. The fourth-order valence-electron chi connectivity index (χ4n) is 2.87. The summed E-state index contributed by atoms with van der Waals surface area (Å²) in [4.78, 5) is 29.6. The van der Waals surface area contributed by atoms with Gasteiger partial charge in [0.2, 0.25) is 5.91 Å². The third-order valence-corrected chi connectivity index (χ3v) is 4.97. The Bertz CT molecular complexity index is 846. The summed E-state index contributed by atoms with van der Waals surface area (Å²) in [7, 11) is 0. The quantitative estimate of drug-likeness (QED) is 0.856. The predicted octanol–water partition coefficient (Wildman–Crippen LogP) is 1.91. The fraction of sp³-hybridized carbons (Fsp3) is 0.625. The van der Waals surface area contributed by atoms with E-state index in [0.29, 0.717) is 28.4 Å². The van der Waals surface area contributed by atoms with Crippen molar-refractivity contribution in [1.29, 1.82) is 0 Å². The van der Waals surface area contributed by atoms with Crippen LogP contribution >= 0.6 is 11.8 Å². The van der Waals surface area contributed by atoms with Gasteiger partial charge in [-0.25, -0.2) is 9.67 Å². The van der Waals surface area contributed by atoms with Crippen molar-refractivity contribution in [1.82, 2.24) is 24.6 Å². The van der Waals surface area contributed by atoms with Crippen molar-refractivity contribution >= 4 is 28.7 Å². The molecule has 1 aliphatic heterocycles. The van der Waals surface area contributed by atoms with E-state index in [9.17, 15) is 9.59 Å². The van der Waals surface area contributed by atoms with Crippen LogP contribution in [0.3, 0.4) is 0 Å². The Kier molecular flexibility index (Phi) is 4.19. The van der Waals surface area contributed by atoms with Crippen LogP contribution in [-0.2, 0) is 10.3 Å². The predicted molar refractivity (Wildman–Crippen MR) is 94.4 cm³/mol. The summed E-state index contributed by atoms with van der Waals surface area (Å²) in [5.41, 5.74) is 0.247. The highest BCUT2D eigenvalue weighted by atomic mass is 32.2. The van der Waals surface area contributed by atoms with E-state index in [4.69, 9.17) is 0 Å². The molecule has 1 N–H and O–H groups in total. The second kappa shape index (κ2) is 5.91. The Labute approximate surface area is 144 Å². The van der Waals surface area contributed by atoms with Gasteiger partial charge in [0, 0.05) is 18.2 Å². The highest BCUT2D eigenvalue weighted by Crippen LogP contribution is 2.33. The summed E-state index contributed by atoms with van der Waals surface area (Å²) in [6, 6.07) is -0.0699. The van der Waals surface area contributed by atoms with Crippen molar-refractivity contribution in [3.63, 3.8) is 0 Å². The number of rotatable bonds is 3. The highest BCUT2D eigenvalue weighted by Gasteiger charge is 2.30. The molecule has 1 amide bonds. The fourth-order valence-corrected chi connectivity index (χ4v) is 4.00. The Morgan fingerprint density at radius 2 is 2.17 bits per heavy atom. The topological polar surface area (TPSA) is 81.8 Å². The molecule has 0 aliphatic carbocycles. The van der Waals surface area contributed by atoms with E-state index in [-0.39, 0.29) is 29.1 Å². The van der Waals surface area contributed by atoms with Crippen LogP contribution in [0.25, 0.3) is 11.0 Å². The lowest BCUT2D eigenvalue weighted by Crippen LogP contribution is -2.34. The number of nitrogens with one attached hydrogen (secondary N) is 1. The first-order valence-corrected chi connectivity index (χ1v) is 9.10. The molecule has 2 aromatic heterocycles. The van der Waals surface area contributed by atoms with Crippen molar-refractivity contribution in [2.45, 2.75) is 63.8 Å². The van der Waals surface area contributed by atoms with E-state index in [0.717, 1.165) is 0 Å². The van der Waals surface area contributed by atoms with Gasteiger partial charge in [-0.15, -0.1) is 0 Å². The van der Waals surface area contributed by atoms with Gasteiger partial charge in [-0.05, 0) is 34.6 Å². The highest BCUT2D eigenvalue weighted by molar-refractivity contribution is 7.99. The molecule has 3 rings (SSSR count). The summed E-state index contributed by atoms with van der Waals surface area (Å²) in [5, 5.41) is 8.40. The van der Waals surface area contributed by atoms with Crippen molar-refractivity contribution in [2.75, 3.05) is 5.75 Å². The second-order valence-corrected chi connectivity index (χ2v) is 8.41. The first kappa shape index (κ1) is 17.0. The van der Waals surface area contributed by atoms with E-state index in [1.165, 1.54) is 11.8 Å². The molecule has 0 saturated heterocycles. The standard InChI is InChI=1S/C16H23N5O2S/c1-9(2)18-12(22)6-10-8-24-15-19-13-11(14(23)20(10)15)7-17-21(13)16(3,4)5/h7,9-10H,6,8H2,1-5H3,(H,18,22). The molecule has 8 heteroatoms. The first-order valence-electron chi connectivity index (χ1n) is 8.11. The van der Waals surface area contributed by atoms with E-state index in [1.54, 1.807) is 15.4 Å². The zero-order valence-electron chi connectivity index (χ0n) is 14.7. The van der Waals surface area contributed by atoms with E-state index in [1.807, 2.05) is 34.6 Å². The third kappa shape index (κ3) is 2.94. The Morgan fingerprint density at radius 1 is 1.46 bits per heavy atom. The summed E-state index contributed by atoms with van der Waals surface area (Å²) in [5.74, 6) is 0.643. The molecule has 0 fully saturated rings. The van der Waals surface area contributed by atoms with Gasteiger partial charge in [0.15, 0.2) is 10.8 Å². The maximum absolute atomic E-state index is 12.9. The molecule has 3 heterocycles. The zero-order chi connectivity index (χ0) is 17.6. The lowest BCUT2D eigenvalue weighted by atomic mass is 10.1. The number of aromatic nitrogens is 4. The van der Waals surface area contributed by atoms with Crippen LogP contribution in [0.5, 0.6) is 0 Å². The summed E-state index contributed by atoms with van der Waals surface area (Å²) >= 11 is 1.52. The van der Waals surface area contributed by atoms with Gasteiger partial charge in [0.1, 0.15) is 5.39 Å². The molecule has 0 spiro atoms. The van der Waals surface area contributed by atoms with Gasteiger partial charge in [-0.1, -0.05) is 11.8 Å². The minimum Gasteiger partial charge on any atom is -0.354 e. The minimum atomic E-state index is -0.250. The lowest BCUT2D eigenvalue weighted by molar-refractivity contribution is -0.122. The van der Waals surface area contributed by atoms with Crippen LogP contribution in [0.2, 0.25) is 0 Å². The Balaban J connectivity index is 2.01. The van der Waals surface area contributed by atoms with Gasteiger partial charge in [-0.2, -0.15) is 5.10 Å². The summed E-state index contributed by atoms with van der Waals surface area (Å²) < 4.78 is 3.44. The van der Waals surface area contributed by atoms with E-state index in [2.05, 4.69) is 15.4 Å². The Hall–Kier alpha value is -1.83. The van der Waals surface area contributed by atoms with E-state index >= 15 is 0 Å². The second-order valence-electron chi connectivity index (χ2n) is 7.43. The van der Waals surface area contributed by atoms with Crippen LogP contribution in [0.15, 0.2) is 16.1 Å². The molecular weight excluding hydrogens is 326 g/mol. The molecular formula is C16H23N5O2S. The third-order valence-electron chi connectivity index (χ3n) is 3.88. The summed E-state index contributed by atoms with van der Waals surface area (Å²) in [6.07, 6.45) is 1.87. The molecule has 2 aromatic rings. The van der Waals surface area contributed by atoms with Crippen molar-refractivity contribution in [3.8, 4) is 0 Å². The number of hydrogen-bond acceptors (Lipinski definition) is 5. The van der Waals surface area contributed by atoms with Gasteiger partial charge in [0.05, 0.1) is 17.8 Å². The number of fused-ring (bicyclic) bond motifs is 2. The lowest BCUT2D eigenvalue weighted by Gasteiger charge is -2.20. The molecule has 0 aromatic carbocycles. The SMILES string of the molecule is CC(C)NC(=O)CC1CSc2nc3c(cnn3C(C)(C)C)c(=O)n21. The van der Waals surface area contributed by atoms with Gasteiger partial charge in [0.25, 0.3) is 5.56 Å². The molecule has 0 bridgehead atoms. The van der Waals surface area contributed by atoms with Crippen LogP contribution in [0, 0.1) is 0 Å². The maximum atomic E-state index is 12.9. The monoisotopic (exact) mass is 349 g/mol. The van der Waals surface area contributed by atoms with Gasteiger partial charge < -0.3 is 5.32 Å². The van der Waals surface area contributed by atoms with Crippen LogP contribution in [0.1, 0.15) is 47.1 Å².